The zero-order valence-electron chi connectivity index (χ0n) is 14.9. The van der Waals surface area contributed by atoms with Gasteiger partial charge in [-0.15, -0.1) is 0 Å². The van der Waals surface area contributed by atoms with Crippen molar-refractivity contribution in [3.05, 3.63) is 78.3 Å². The first-order chi connectivity index (χ1) is 13.7. The largest absolute Gasteiger partial charge is 0.504 e. The van der Waals surface area contributed by atoms with Crippen molar-refractivity contribution in [2.75, 3.05) is 7.11 Å². The third kappa shape index (κ3) is 4.31. The van der Waals surface area contributed by atoms with Gasteiger partial charge in [0.2, 0.25) is 11.8 Å². The summed E-state index contributed by atoms with van der Waals surface area (Å²) in [7, 11) is 1.46. The molecule has 1 aromatic heterocycles. The summed E-state index contributed by atoms with van der Waals surface area (Å²) >= 11 is 0. The van der Waals surface area contributed by atoms with E-state index in [0.29, 0.717) is 34.5 Å². The SMILES string of the molecule is CO/C=C(/C=O)c1ccccc1Oc1cc(Oc2ccccc2C#N)ncn1. The number of aromatic nitrogens is 2. The highest BCUT2D eigenvalue weighted by Crippen LogP contribution is 2.30. The average molecular weight is 373 g/mol. The number of carbonyl (C=O) groups excluding carboxylic acids is 1. The minimum Gasteiger partial charge on any atom is -0.504 e. The molecule has 0 N–H and O–H groups in total. The number of rotatable bonds is 7. The second kappa shape index (κ2) is 8.96. The predicted octanol–water partition coefficient (Wildman–Crippen LogP) is 4.12. The van der Waals surface area contributed by atoms with E-state index < -0.39 is 0 Å². The van der Waals surface area contributed by atoms with Crippen LogP contribution in [-0.4, -0.2) is 23.4 Å². The first-order valence-electron chi connectivity index (χ1n) is 8.19. The number of ether oxygens (including phenoxy) is 3. The van der Waals surface area contributed by atoms with E-state index in [-0.39, 0.29) is 11.8 Å². The zero-order chi connectivity index (χ0) is 19.8. The van der Waals surface area contributed by atoms with Crippen LogP contribution in [0.5, 0.6) is 23.3 Å². The molecule has 0 bridgehead atoms. The van der Waals surface area contributed by atoms with Crippen molar-refractivity contribution >= 4 is 11.9 Å². The van der Waals surface area contributed by atoms with Crippen LogP contribution in [0.1, 0.15) is 11.1 Å². The summed E-state index contributed by atoms with van der Waals surface area (Å²) in [6.45, 7) is 0. The van der Waals surface area contributed by atoms with Gasteiger partial charge in [-0.05, 0) is 18.2 Å². The molecule has 0 fully saturated rings. The van der Waals surface area contributed by atoms with Gasteiger partial charge in [-0.3, -0.25) is 4.79 Å². The summed E-state index contributed by atoms with van der Waals surface area (Å²) in [5.74, 6) is 1.23. The van der Waals surface area contributed by atoms with E-state index in [1.807, 2.05) is 0 Å². The van der Waals surface area contributed by atoms with Crippen molar-refractivity contribution in [1.29, 1.82) is 5.26 Å². The van der Waals surface area contributed by atoms with Gasteiger partial charge >= 0.3 is 0 Å². The standard InChI is InChI=1S/C21H15N3O4/c1-26-13-16(12-25)17-7-3-5-9-19(17)28-21-10-20(23-14-24-21)27-18-8-4-2-6-15(18)11-22/h2-10,12-14H,1H3/b16-13-. The van der Waals surface area contributed by atoms with Gasteiger partial charge in [0.15, 0.2) is 6.29 Å². The molecule has 28 heavy (non-hydrogen) atoms. The molecule has 0 unspecified atom stereocenters. The Morgan fingerprint density at radius 1 is 1.00 bits per heavy atom. The van der Waals surface area contributed by atoms with Crippen LogP contribution in [0.3, 0.4) is 0 Å². The number of allylic oxidation sites excluding steroid dienone is 1. The van der Waals surface area contributed by atoms with Gasteiger partial charge in [0.05, 0.1) is 30.6 Å². The van der Waals surface area contributed by atoms with Crippen LogP contribution in [0, 0.1) is 11.3 Å². The van der Waals surface area contributed by atoms with Gasteiger partial charge in [0, 0.05) is 5.56 Å². The Kier molecular flexibility index (Phi) is 5.95. The smallest absolute Gasteiger partial charge is 0.226 e. The third-order valence-electron chi connectivity index (χ3n) is 3.62. The summed E-state index contributed by atoms with van der Waals surface area (Å²) < 4.78 is 16.4. The maximum Gasteiger partial charge on any atom is 0.226 e. The van der Waals surface area contributed by atoms with Crippen LogP contribution >= 0.6 is 0 Å². The molecule has 0 saturated heterocycles. The average Bonchev–Trinajstić information content (AvgIpc) is 2.73. The molecule has 0 aliphatic rings. The number of nitrogens with zero attached hydrogens (tertiary/aromatic N) is 3. The minimum atomic E-state index is 0.216. The van der Waals surface area contributed by atoms with E-state index in [1.165, 1.54) is 25.8 Å². The molecule has 3 rings (SSSR count). The fraction of sp³-hybridized carbons (Fsp3) is 0.0476. The lowest BCUT2D eigenvalue weighted by molar-refractivity contribution is -0.103. The summed E-state index contributed by atoms with van der Waals surface area (Å²) in [4.78, 5) is 19.5. The number of methoxy groups -OCH3 is 1. The number of benzene rings is 2. The van der Waals surface area contributed by atoms with E-state index in [2.05, 4.69) is 16.0 Å². The van der Waals surface area contributed by atoms with Crippen molar-refractivity contribution in [1.82, 2.24) is 9.97 Å². The maximum atomic E-state index is 11.3. The highest BCUT2D eigenvalue weighted by Gasteiger charge is 2.12. The lowest BCUT2D eigenvalue weighted by atomic mass is 10.1. The molecule has 1 heterocycles. The minimum absolute atomic E-state index is 0.216. The second-order valence-corrected chi connectivity index (χ2v) is 5.43. The number of hydrogen-bond donors (Lipinski definition) is 0. The third-order valence-corrected chi connectivity index (χ3v) is 3.62. The second-order valence-electron chi connectivity index (χ2n) is 5.43. The molecule has 0 saturated carbocycles. The van der Waals surface area contributed by atoms with E-state index in [4.69, 9.17) is 19.5 Å². The summed E-state index contributed by atoms with van der Waals surface area (Å²) in [5.41, 5.74) is 1.26. The van der Waals surface area contributed by atoms with Gasteiger partial charge in [-0.1, -0.05) is 30.3 Å². The molecule has 3 aromatic rings. The van der Waals surface area contributed by atoms with E-state index in [9.17, 15) is 4.79 Å². The molecule has 0 spiro atoms. The van der Waals surface area contributed by atoms with Crippen LogP contribution in [0.2, 0.25) is 0 Å². The quantitative estimate of drug-likeness (QED) is 0.349. The molecular weight excluding hydrogens is 358 g/mol. The van der Waals surface area contributed by atoms with Gasteiger partial charge in [-0.25, -0.2) is 9.97 Å². The van der Waals surface area contributed by atoms with Gasteiger partial charge in [0.25, 0.3) is 0 Å². The van der Waals surface area contributed by atoms with E-state index in [0.717, 1.165) is 0 Å². The molecule has 0 atom stereocenters. The van der Waals surface area contributed by atoms with E-state index >= 15 is 0 Å². The number of hydrogen-bond acceptors (Lipinski definition) is 7. The monoisotopic (exact) mass is 373 g/mol. The summed E-state index contributed by atoms with van der Waals surface area (Å²) in [6, 6.07) is 17.4. The summed E-state index contributed by atoms with van der Waals surface area (Å²) in [6.07, 6.45) is 3.30. The van der Waals surface area contributed by atoms with Crippen LogP contribution in [-0.2, 0) is 9.53 Å². The van der Waals surface area contributed by atoms with Gasteiger partial charge < -0.3 is 14.2 Å². The van der Waals surface area contributed by atoms with Gasteiger partial charge in [-0.2, -0.15) is 5.26 Å². The Hall–Kier alpha value is -4.18. The van der Waals surface area contributed by atoms with Crippen LogP contribution < -0.4 is 9.47 Å². The fourth-order valence-electron chi connectivity index (χ4n) is 2.38. The molecule has 0 aliphatic carbocycles. The fourth-order valence-corrected chi connectivity index (χ4v) is 2.38. The normalized spacial score (nSPS) is 10.6. The topological polar surface area (TPSA) is 94.3 Å². The van der Waals surface area contributed by atoms with E-state index in [1.54, 1.807) is 48.5 Å². The van der Waals surface area contributed by atoms with Crippen molar-refractivity contribution in [3.8, 4) is 29.3 Å². The van der Waals surface area contributed by atoms with Crippen molar-refractivity contribution in [2.45, 2.75) is 0 Å². The molecule has 0 aliphatic heterocycles. The van der Waals surface area contributed by atoms with Crippen molar-refractivity contribution < 1.29 is 19.0 Å². The number of aldehydes is 1. The Bertz CT molecular complexity index is 1060. The van der Waals surface area contributed by atoms with Crippen LogP contribution in [0.15, 0.2) is 67.2 Å². The summed E-state index contributed by atoms with van der Waals surface area (Å²) in [5, 5.41) is 9.16. The first-order valence-corrected chi connectivity index (χ1v) is 8.19. The Morgan fingerprint density at radius 2 is 1.64 bits per heavy atom. The highest BCUT2D eigenvalue weighted by atomic mass is 16.5. The van der Waals surface area contributed by atoms with Gasteiger partial charge in [0.1, 0.15) is 23.9 Å². The molecule has 138 valence electrons. The van der Waals surface area contributed by atoms with Crippen LogP contribution in [0.4, 0.5) is 0 Å². The predicted molar refractivity (Wildman–Crippen MR) is 101 cm³/mol. The molecule has 0 amide bonds. The Morgan fingerprint density at radius 3 is 2.32 bits per heavy atom. The first kappa shape index (κ1) is 18.6. The van der Waals surface area contributed by atoms with Crippen molar-refractivity contribution in [3.63, 3.8) is 0 Å². The Balaban J connectivity index is 1.88. The molecule has 7 heteroatoms. The highest BCUT2D eigenvalue weighted by molar-refractivity contribution is 6.07. The Labute approximate surface area is 161 Å². The molecular formula is C21H15N3O4. The molecule has 7 nitrogen and oxygen atoms in total. The number of para-hydroxylation sites is 2. The lowest BCUT2D eigenvalue weighted by Crippen LogP contribution is -1.96. The number of nitriles is 1. The molecule has 2 aromatic carbocycles. The lowest BCUT2D eigenvalue weighted by Gasteiger charge is -2.11. The maximum absolute atomic E-state index is 11.3. The number of carbonyl (C=O) groups is 1. The molecule has 0 radical (unpaired) electrons. The zero-order valence-corrected chi connectivity index (χ0v) is 14.9. The van der Waals surface area contributed by atoms with Crippen LogP contribution in [0.25, 0.3) is 5.57 Å². The van der Waals surface area contributed by atoms with Crippen molar-refractivity contribution in [2.24, 2.45) is 0 Å².